The Morgan fingerprint density at radius 3 is 2.35 bits per heavy atom. The van der Waals surface area contributed by atoms with Crippen LogP contribution in [0.15, 0.2) is 66.0 Å². The SMILES string of the molecule is CNC1(c2ccccc2)CCN(C(=O)c2cccc(-n3nc(C(=O)N4CCN(C)CC4)c4c3-c3ccsc3CC4)c2)CC1. The van der Waals surface area contributed by atoms with E-state index in [-0.39, 0.29) is 17.4 Å². The number of carbonyl (C=O) groups excluding carboxylic acids is 2. The molecular formula is C34H38N6O2S. The second kappa shape index (κ2) is 11.4. The Bertz CT molecular complexity index is 1640. The zero-order valence-corrected chi connectivity index (χ0v) is 25.7. The van der Waals surface area contributed by atoms with Gasteiger partial charge >= 0.3 is 0 Å². The van der Waals surface area contributed by atoms with Crippen molar-refractivity contribution in [1.82, 2.24) is 29.8 Å². The Hall–Kier alpha value is -3.79. The second-order valence-corrected chi connectivity index (χ2v) is 13.0. The van der Waals surface area contributed by atoms with Gasteiger partial charge in [-0.05, 0) is 75.0 Å². The van der Waals surface area contributed by atoms with Crippen LogP contribution < -0.4 is 5.32 Å². The third-order valence-corrected chi connectivity index (χ3v) is 10.6. The lowest BCUT2D eigenvalue weighted by Gasteiger charge is -2.42. The fraction of sp³-hybridized carbons (Fsp3) is 0.382. The molecule has 2 aliphatic heterocycles. The third kappa shape index (κ3) is 4.99. The molecule has 4 aromatic rings. The maximum Gasteiger partial charge on any atom is 0.274 e. The van der Waals surface area contributed by atoms with Crippen LogP contribution in [0.3, 0.4) is 0 Å². The van der Waals surface area contributed by atoms with Gasteiger partial charge in [-0.2, -0.15) is 5.10 Å². The Morgan fingerprint density at radius 2 is 1.60 bits per heavy atom. The van der Waals surface area contributed by atoms with Gasteiger partial charge in [-0.25, -0.2) is 4.68 Å². The maximum absolute atomic E-state index is 13.8. The fourth-order valence-corrected chi connectivity index (χ4v) is 7.83. The van der Waals surface area contributed by atoms with E-state index in [0.717, 1.165) is 61.3 Å². The molecule has 4 heterocycles. The highest BCUT2D eigenvalue weighted by molar-refractivity contribution is 7.10. The smallest absolute Gasteiger partial charge is 0.274 e. The Balaban J connectivity index is 1.18. The van der Waals surface area contributed by atoms with Crippen LogP contribution in [0.5, 0.6) is 0 Å². The van der Waals surface area contributed by atoms with Crippen molar-refractivity contribution in [3.05, 3.63) is 93.3 Å². The zero-order chi connectivity index (χ0) is 29.6. The van der Waals surface area contributed by atoms with Gasteiger partial charge in [0.2, 0.25) is 0 Å². The number of benzene rings is 2. The number of aromatic nitrogens is 2. The van der Waals surface area contributed by atoms with Gasteiger partial charge in [-0.3, -0.25) is 9.59 Å². The molecule has 9 heteroatoms. The molecule has 43 heavy (non-hydrogen) atoms. The first-order valence-electron chi connectivity index (χ1n) is 15.3. The lowest BCUT2D eigenvalue weighted by Crippen LogP contribution is -2.51. The normalized spacial score (nSPS) is 18.3. The van der Waals surface area contributed by atoms with E-state index in [1.54, 1.807) is 11.3 Å². The molecule has 0 bridgehead atoms. The molecule has 0 radical (unpaired) electrons. The number of piperidine rings is 1. The number of nitrogens with zero attached hydrogens (tertiary/aromatic N) is 5. The average Bonchev–Trinajstić information content (AvgIpc) is 3.70. The van der Waals surface area contributed by atoms with Crippen LogP contribution in [0.1, 0.15) is 49.7 Å². The summed E-state index contributed by atoms with van der Waals surface area (Å²) >= 11 is 1.76. The first-order valence-corrected chi connectivity index (χ1v) is 16.2. The number of thiophene rings is 1. The van der Waals surface area contributed by atoms with Gasteiger partial charge in [0.15, 0.2) is 5.69 Å². The summed E-state index contributed by atoms with van der Waals surface area (Å²) in [6, 6.07) is 20.4. The topological polar surface area (TPSA) is 73.7 Å². The fourth-order valence-electron chi connectivity index (χ4n) is 6.95. The van der Waals surface area contributed by atoms with Gasteiger partial charge in [0.25, 0.3) is 11.8 Å². The van der Waals surface area contributed by atoms with Crippen molar-refractivity contribution in [3.8, 4) is 16.9 Å². The maximum atomic E-state index is 13.8. The van der Waals surface area contributed by atoms with E-state index in [1.807, 2.05) is 51.9 Å². The summed E-state index contributed by atoms with van der Waals surface area (Å²) in [4.78, 5) is 35.1. The monoisotopic (exact) mass is 594 g/mol. The molecule has 2 saturated heterocycles. The molecule has 1 N–H and O–H groups in total. The Morgan fingerprint density at radius 1 is 0.860 bits per heavy atom. The average molecular weight is 595 g/mol. The van der Waals surface area contributed by atoms with Crippen molar-refractivity contribution in [2.75, 3.05) is 53.4 Å². The molecule has 1 aliphatic carbocycles. The molecule has 8 nitrogen and oxygen atoms in total. The van der Waals surface area contributed by atoms with E-state index in [1.165, 1.54) is 10.4 Å². The number of carbonyl (C=O) groups is 2. The van der Waals surface area contributed by atoms with E-state index in [2.05, 4.69) is 53.0 Å². The molecule has 3 aliphatic rings. The summed E-state index contributed by atoms with van der Waals surface area (Å²) in [6.07, 6.45) is 3.41. The summed E-state index contributed by atoms with van der Waals surface area (Å²) in [5.41, 5.74) is 6.30. The highest BCUT2D eigenvalue weighted by Gasteiger charge is 2.37. The molecule has 0 spiro atoms. The summed E-state index contributed by atoms with van der Waals surface area (Å²) in [7, 11) is 4.11. The van der Waals surface area contributed by atoms with Crippen molar-refractivity contribution in [1.29, 1.82) is 0 Å². The van der Waals surface area contributed by atoms with Crippen LogP contribution in [-0.4, -0.2) is 89.7 Å². The van der Waals surface area contributed by atoms with Crippen molar-refractivity contribution < 1.29 is 9.59 Å². The van der Waals surface area contributed by atoms with Crippen molar-refractivity contribution in [2.45, 2.75) is 31.2 Å². The number of likely N-dealkylation sites (tertiary alicyclic amines) is 1. The lowest BCUT2D eigenvalue weighted by atomic mass is 9.81. The molecule has 2 fully saturated rings. The molecule has 0 unspecified atom stereocenters. The summed E-state index contributed by atoms with van der Waals surface area (Å²) < 4.78 is 1.91. The van der Waals surface area contributed by atoms with Gasteiger partial charge < -0.3 is 20.0 Å². The lowest BCUT2D eigenvalue weighted by molar-refractivity contribution is 0.0640. The van der Waals surface area contributed by atoms with E-state index in [9.17, 15) is 9.59 Å². The first-order chi connectivity index (χ1) is 21.0. The number of amides is 2. The van der Waals surface area contributed by atoms with Gasteiger partial charge in [0.05, 0.1) is 11.4 Å². The Kier molecular flexibility index (Phi) is 7.41. The number of likely N-dealkylation sites (N-methyl/N-ethyl adjacent to an activating group) is 1. The highest BCUT2D eigenvalue weighted by atomic mass is 32.1. The second-order valence-electron chi connectivity index (χ2n) is 12.0. The Labute approximate surface area is 256 Å². The number of hydrogen-bond donors (Lipinski definition) is 1. The minimum Gasteiger partial charge on any atom is -0.338 e. The molecular weight excluding hydrogens is 556 g/mol. The zero-order valence-electron chi connectivity index (χ0n) is 24.9. The standard InChI is InChI=1S/C34H38N6O2S/c1-35-34(25-8-4-3-5-9-25)14-16-38(17-15-34)32(41)24-7-6-10-26(23-24)40-31-27-13-22-43-29(27)12-11-28(31)30(36-40)33(42)39-20-18-37(2)19-21-39/h3-10,13,22-23,35H,11-12,14-21H2,1-2H3. The van der Waals surface area contributed by atoms with E-state index < -0.39 is 0 Å². The number of fused-ring (bicyclic) bond motifs is 3. The quantitative estimate of drug-likeness (QED) is 0.370. The van der Waals surface area contributed by atoms with Crippen LogP contribution in [0.25, 0.3) is 16.9 Å². The van der Waals surface area contributed by atoms with Crippen LogP contribution in [0, 0.1) is 0 Å². The molecule has 0 atom stereocenters. The van der Waals surface area contributed by atoms with Crippen molar-refractivity contribution >= 4 is 23.2 Å². The molecule has 7 rings (SSSR count). The van der Waals surface area contributed by atoms with Crippen LogP contribution in [-0.2, 0) is 18.4 Å². The van der Waals surface area contributed by atoms with E-state index >= 15 is 0 Å². The van der Waals surface area contributed by atoms with Crippen molar-refractivity contribution in [2.24, 2.45) is 0 Å². The third-order valence-electron chi connectivity index (χ3n) is 9.63. The van der Waals surface area contributed by atoms with Gasteiger partial charge in [-0.1, -0.05) is 36.4 Å². The summed E-state index contributed by atoms with van der Waals surface area (Å²) in [5, 5.41) is 10.7. The minimum absolute atomic E-state index is 0.00811. The number of piperazine rings is 1. The van der Waals surface area contributed by atoms with Crippen molar-refractivity contribution in [3.63, 3.8) is 0 Å². The summed E-state index contributed by atoms with van der Waals surface area (Å²) in [6.45, 7) is 4.50. The van der Waals surface area contributed by atoms with Crippen LogP contribution in [0.2, 0.25) is 0 Å². The predicted molar refractivity (Wildman–Crippen MR) is 170 cm³/mol. The highest BCUT2D eigenvalue weighted by Crippen LogP contribution is 2.40. The molecule has 0 saturated carbocycles. The first kappa shape index (κ1) is 28.0. The number of rotatable bonds is 5. The van der Waals surface area contributed by atoms with Crippen LogP contribution in [0.4, 0.5) is 0 Å². The molecule has 222 valence electrons. The van der Waals surface area contributed by atoms with E-state index in [4.69, 9.17) is 5.10 Å². The molecule has 2 aromatic heterocycles. The number of hydrogen-bond acceptors (Lipinski definition) is 6. The van der Waals surface area contributed by atoms with Gasteiger partial charge in [0, 0.05) is 66.4 Å². The summed E-state index contributed by atoms with van der Waals surface area (Å²) in [5.74, 6) is 0.0411. The predicted octanol–water partition coefficient (Wildman–Crippen LogP) is 4.44. The minimum atomic E-state index is -0.126. The largest absolute Gasteiger partial charge is 0.338 e. The number of aryl methyl sites for hydroxylation is 1. The number of nitrogens with one attached hydrogen (secondary N) is 1. The molecule has 2 amide bonds. The van der Waals surface area contributed by atoms with Gasteiger partial charge in [-0.15, -0.1) is 11.3 Å². The van der Waals surface area contributed by atoms with Crippen LogP contribution >= 0.6 is 11.3 Å². The van der Waals surface area contributed by atoms with E-state index in [0.29, 0.717) is 37.4 Å². The molecule has 2 aromatic carbocycles. The van der Waals surface area contributed by atoms with Gasteiger partial charge in [0.1, 0.15) is 0 Å².